The zero-order chi connectivity index (χ0) is 21.4. The average Bonchev–Trinajstić information content (AvgIpc) is 3.44. The molecule has 0 spiro atoms. The Labute approximate surface area is 184 Å². The molecule has 2 saturated heterocycles. The molecule has 1 amide bonds. The first-order valence-corrected chi connectivity index (χ1v) is 11.4. The van der Waals surface area contributed by atoms with E-state index >= 15 is 0 Å². The molecule has 2 aromatic heterocycles. The first kappa shape index (κ1) is 20.3. The Morgan fingerprint density at radius 1 is 1.10 bits per heavy atom. The number of benzene rings is 1. The summed E-state index contributed by atoms with van der Waals surface area (Å²) in [6.07, 6.45) is 4.18. The molecule has 0 radical (unpaired) electrons. The molecule has 0 N–H and O–H groups in total. The number of carbonyl (C=O) groups excluding carboxylic acids is 1. The van der Waals surface area contributed by atoms with Gasteiger partial charge in [0.15, 0.2) is 11.6 Å². The molecule has 4 nitrogen and oxygen atoms in total. The van der Waals surface area contributed by atoms with E-state index in [1.807, 2.05) is 4.90 Å². The van der Waals surface area contributed by atoms with E-state index in [-0.39, 0.29) is 17.9 Å². The summed E-state index contributed by atoms with van der Waals surface area (Å²) in [7, 11) is 0. The highest BCUT2D eigenvalue weighted by atomic mass is 32.1. The number of rotatable bonds is 4. The molecule has 0 unspecified atom stereocenters. The van der Waals surface area contributed by atoms with Gasteiger partial charge in [-0.2, -0.15) is 11.3 Å². The van der Waals surface area contributed by atoms with Crippen LogP contribution in [0.2, 0.25) is 0 Å². The molecule has 2 aliphatic rings. The lowest BCUT2D eigenvalue weighted by Gasteiger charge is -2.39. The van der Waals surface area contributed by atoms with E-state index in [4.69, 9.17) is 0 Å². The summed E-state index contributed by atoms with van der Waals surface area (Å²) >= 11 is 1.68. The van der Waals surface area contributed by atoms with Crippen molar-refractivity contribution in [3.8, 4) is 0 Å². The van der Waals surface area contributed by atoms with Crippen LogP contribution in [0.15, 0.2) is 59.6 Å². The molecule has 31 heavy (non-hydrogen) atoms. The number of hydrogen-bond acceptors (Lipinski definition) is 4. The van der Waals surface area contributed by atoms with Crippen molar-refractivity contribution in [2.24, 2.45) is 5.92 Å². The van der Waals surface area contributed by atoms with E-state index in [1.54, 1.807) is 41.9 Å². The number of thiophene rings is 1. The lowest BCUT2D eigenvalue weighted by molar-refractivity contribution is 0.0613. The molecule has 5 rings (SSSR count). The topological polar surface area (TPSA) is 36.4 Å². The van der Waals surface area contributed by atoms with Gasteiger partial charge in [0.2, 0.25) is 0 Å². The summed E-state index contributed by atoms with van der Waals surface area (Å²) in [6, 6.07) is 9.99. The molecular weight excluding hydrogens is 416 g/mol. The van der Waals surface area contributed by atoms with Crippen LogP contribution in [0.4, 0.5) is 8.78 Å². The Hall–Kier alpha value is -2.64. The second-order valence-electron chi connectivity index (χ2n) is 8.36. The fraction of sp³-hybridized carbons (Fsp3) is 0.333. The Balaban J connectivity index is 1.38. The Kier molecular flexibility index (Phi) is 5.54. The third-order valence-electron chi connectivity index (χ3n) is 6.56. The Bertz CT molecular complexity index is 1060. The van der Waals surface area contributed by atoms with Gasteiger partial charge in [0.05, 0.1) is 0 Å². The van der Waals surface area contributed by atoms with Crippen molar-refractivity contribution in [1.29, 1.82) is 0 Å². The number of nitrogens with zero attached hydrogens (tertiary/aromatic N) is 3. The predicted octanol–water partition coefficient (Wildman–Crippen LogP) is 4.55. The summed E-state index contributed by atoms with van der Waals surface area (Å²) in [5, 5.41) is 4.26. The van der Waals surface area contributed by atoms with E-state index in [1.165, 1.54) is 17.7 Å². The first-order chi connectivity index (χ1) is 15.1. The molecule has 3 aromatic rings. The highest BCUT2D eigenvalue weighted by Crippen LogP contribution is 2.42. The average molecular weight is 440 g/mol. The van der Waals surface area contributed by atoms with Crippen LogP contribution in [-0.2, 0) is 6.54 Å². The SMILES string of the molecule is O=C(c1ccncc1)N1C[C@@H](c2ccsc2)[C@@H]2CN(Cc3ccc(F)c(F)c3)CC[C@@H]21. The number of likely N-dealkylation sites (tertiary alicyclic amines) is 2. The zero-order valence-electron chi connectivity index (χ0n) is 17.0. The predicted molar refractivity (Wildman–Crippen MR) is 116 cm³/mol. The van der Waals surface area contributed by atoms with Crippen molar-refractivity contribution in [1.82, 2.24) is 14.8 Å². The van der Waals surface area contributed by atoms with Crippen molar-refractivity contribution in [2.75, 3.05) is 19.6 Å². The van der Waals surface area contributed by atoms with Gasteiger partial charge in [-0.1, -0.05) is 6.07 Å². The second-order valence-corrected chi connectivity index (χ2v) is 9.14. The maximum atomic E-state index is 13.7. The van der Waals surface area contributed by atoms with Gasteiger partial charge in [0.1, 0.15) is 0 Å². The van der Waals surface area contributed by atoms with Gasteiger partial charge in [0, 0.05) is 62.0 Å². The van der Waals surface area contributed by atoms with Gasteiger partial charge in [-0.25, -0.2) is 8.78 Å². The third-order valence-corrected chi connectivity index (χ3v) is 7.27. The molecule has 4 heterocycles. The highest BCUT2D eigenvalue weighted by Gasteiger charge is 2.47. The summed E-state index contributed by atoms with van der Waals surface area (Å²) in [5.41, 5.74) is 2.72. The molecule has 0 saturated carbocycles. The van der Waals surface area contributed by atoms with E-state index in [0.717, 1.165) is 25.1 Å². The summed E-state index contributed by atoms with van der Waals surface area (Å²) in [5.74, 6) is -0.988. The molecule has 2 aliphatic heterocycles. The fourth-order valence-electron chi connectivity index (χ4n) is 5.08. The van der Waals surface area contributed by atoms with Gasteiger partial charge in [0.25, 0.3) is 5.91 Å². The molecular formula is C24H23F2N3OS. The largest absolute Gasteiger partial charge is 0.335 e. The molecule has 160 valence electrons. The van der Waals surface area contributed by atoms with Crippen LogP contribution in [0.25, 0.3) is 0 Å². The Morgan fingerprint density at radius 3 is 2.68 bits per heavy atom. The number of fused-ring (bicyclic) bond motifs is 1. The van der Waals surface area contributed by atoms with Gasteiger partial charge in [-0.05, 0) is 58.6 Å². The Morgan fingerprint density at radius 2 is 1.94 bits per heavy atom. The van der Waals surface area contributed by atoms with Crippen LogP contribution in [0.1, 0.15) is 33.8 Å². The molecule has 0 aliphatic carbocycles. The van der Waals surface area contributed by atoms with Crippen molar-refractivity contribution >= 4 is 17.2 Å². The van der Waals surface area contributed by atoms with Crippen molar-refractivity contribution in [3.63, 3.8) is 0 Å². The maximum Gasteiger partial charge on any atom is 0.254 e. The van der Waals surface area contributed by atoms with Crippen molar-refractivity contribution in [2.45, 2.75) is 24.9 Å². The van der Waals surface area contributed by atoms with Gasteiger partial charge >= 0.3 is 0 Å². The maximum absolute atomic E-state index is 13.7. The molecule has 1 aromatic carbocycles. The van der Waals surface area contributed by atoms with Crippen LogP contribution >= 0.6 is 11.3 Å². The van der Waals surface area contributed by atoms with Crippen LogP contribution in [-0.4, -0.2) is 46.4 Å². The van der Waals surface area contributed by atoms with Gasteiger partial charge in [-0.15, -0.1) is 0 Å². The number of aromatic nitrogens is 1. The van der Waals surface area contributed by atoms with Gasteiger partial charge < -0.3 is 4.90 Å². The van der Waals surface area contributed by atoms with E-state index in [9.17, 15) is 13.6 Å². The second kappa shape index (κ2) is 8.48. The summed E-state index contributed by atoms with van der Waals surface area (Å²) in [4.78, 5) is 21.6. The number of halogens is 2. The number of carbonyl (C=O) groups is 1. The van der Waals surface area contributed by atoms with E-state index < -0.39 is 11.6 Å². The summed E-state index contributed by atoms with van der Waals surface area (Å²) in [6.45, 7) is 2.92. The van der Waals surface area contributed by atoms with Crippen LogP contribution in [0.3, 0.4) is 0 Å². The molecule has 7 heteroatoms. The number of amides is 1. The van der Waals surface area contributed by atoms with E-state index in [2.05, 4.69) is 26.7 Å². The molecule has 3 atom stereocenters. The smallest absolute Gasteiger partial charge is 0.254 e. The fourth-order valence-corrected chi connectivity index (χ4v) is 5.80. The number of pyridine rings is 1. The van der Waals surface area contributed by atoms with Gasteiger partial charge in [-0.3, -0.25) is 14.7 Å². The van der Waals surface area contributed by atoms with Crippen LogP contribution < -0.4 is 0 Å². The quantitative estimate of drug-likeness (QED) is 0.598. The van der Waals surface area contributed by atoms with Crippen LogP contribution in [0.5, 0.6) is 0 Å². The first-order valence-electron chi connectivity index (χ1n) is 10.5. The normalized spacial score (nSPS) is 23.7. The third kappa shape index (κ3) is 4.00. The van der Waals surface area contributed by atoms with E-state index in [0.29, 0.717) is 24.6 Å². The lowest BCUT2D eigenvalue weighted by Crippen LogP contribution is -2.47. The van der Waals surface area contributed by atoms with Crippen LogP contribution in [0, 0.1) is 17.6 Å². The molecule has 0 bridgehead atoms. The minimum atomic E-state index is -0.818. The lowest BCUT2D eigenvalue weighted by atomic mass is 9.82. The highest BCUT2D eigenvalue weighted by molar-refractivity contribution is 7.08. The minimum Gasteiger partial charge on any atom is -0.335 e. The van der Waals surface area contributed by atoms with Crippen molar-refractivity contribution < 1.29 is 13.6 Å². The number of hydrogen-bond donors (Lipinski definition) is 0. The summed E-state index contributed by atoms with van der Waals surface area (Å²) < 4.78 is 26.9. The minimum absolute atomic E-state index is 0.0594. The zero-order valence-corrected chi connectivity index (χ0v) is 17.8. The monoisotopic (exact) mass is 439 g/mol. The number of piperidine rings is 1. The molecule has 2 fully saturated rings. The standard InChI is InChI=1S/C24H23F2N3OS/c25-21-2-1-16(11-22(21)26)12-28-9-5-23-20(13-28)19(18-6-10-31-15-18)14-29(23)24(30)17-3-7-27-8-4-17/h1-4,6-8,10-11,15,19-20,23H,5,9,12-14H2/t19-,20-,23-/m0/s1. The van der Waals surface area contributed by atoms with Crippen molar-refractivity contribution in [3.05, 3.63) is 87.9 Å².